The second kappa shape index (κ2) is 5.19. The maximum Gasteiger partial charge on any atom is 0.170 e. The quantitative estimate of drug-likeness (QED) is 0.915. The summed E-state index contributed by atoms with van der Waals surface area (Å²) in [5.74, 6) is 0.122. The van der Waals surface area contributed by atoms with Gasteiger partial charge in [-0.3, -0.25) is 0 Å². The van der Waals surface area contributed by atoms with Crippen molar-refractivity contribution in [2.45, 2.75) is 31.8 Å². The number of rotatable bonds is 2. The van der Waals surface area contributed by atoms with E-state index < -0.39 is 5.60 Å². The van der Waals surface area contributed by atoms with E-state index in [0.717, 1.165) is 26.1 Å². The number of fused-ring (bicyclic) bond motifs is 1. The van der Waals surface area contributed by atoms with Gasteiger partial charge in [0.15, 0.2) is 11.4 Å². The molecule has 1 aliphatic heterocycles. The van der Waals surface area contributed by atoms with Crippen LogP contribution in [0.15, 0.2) is 28.7 Å². The molecule has 2 aromatic rings. The molecule has 1 aromatic heterocycles. The van der Waals surface area contributed by atoms with Gasteiger partial charge >= 0.3 is 0 Å². The molecule has 4 heteroatoms. The first kappa shape index (κ1) is 13.6. The maximum absolute atomic E-state index is 13.7. The molecule has 1 saturated heterocycles. The van der Waals surface area contributed by atoms with E-state index in [2.05, 4.69) is 11.8 Å². The van der Waals surface area contributed by atoms with Gasteiger partial charge in [0.1, 0.15) is 11.4 Å². The summed E-state index contributed by atoms with van der Waals surface area (Å²) < 4.78 is 19.3. The van der Waals surface area contributed by atoms with Crippen molar-refractivity contribution in [1.29, 1.82) is 0 Å². The van der Waals surface area contributed by atoms with Gasteiger partial charge in [-0.25, -0.2) is 4.39 Å². The Hall–Kier alpha value is -1.39. The Labute approximate surface area is 118 Å². The Bertz CT molecular complexity index is 610. The van der Waals surface area contributed by atoms with Crippen LogP contribution >= 0.6 is 0 Å². The highest BCUT2D eigenvalue weighted by Gasteiger charge is 2.35. The van der Waals surface area contributed by atoms with Crippen LogP contribution in [-0.2, 0) is 5.60 Å². The second-order valence-electron chi connectivity index (χ2n) is 5.59. The summed E-state index contributed by atoms with van der Waals surface area (Å²) in [5, 5.41) is 11.6. The minimum Gasteiger partial charge on any atom is -0.455 e. The highest BCUT2D eigenvalue weighted by molar-refractivity contribution is 5.78. The molecule has 3 nitrogen and oxygen atoms in total. The van der Waals surface area contributed by atoms with E-state index in [0.29, 0.717) is 24.0 Å². The van der Waals surface area contributed by atoms with Gasteiger partial charge in [0.05, 0.1) is 0 Å². The monoisotopic (exact) mass is 277 g/mol. The molecule has 0 aliphatic carbocycles. The van der Waals surface area contributed by atoms with Gasteiger partial charge in [-0.2, -0.15) is 0 Å². The summed E-state index contributed by atoms with van der Waals surface area (Å²) in [6.07, 6.45) is 2.21. The molecule has 0 bridgehead atoms. The van der Waals surface area contributed by atoms with Crippen LogP contribution < -0.4 is 0 Å². The van der Waals surface area contributed by atoms with Gasteiger partial charge in [-0.05, 0) is 44.5 Å². The SMILES string of the molecule is CCN1CCCC(O)(c2cc3cccc(F)c3o2)CC1. The third kappa shape index (κ3) is 2.34. The van der Waals surface area contributed by atoms with Crippen LogP contribution in [0.4, 0.5) is 4.39 Å². The summed E-state index contributed by atoms with van der Waals surface area (Å²) in [5.41, 5.74) is -0.734. The van der Waals surface area contributed by atoms with Gasteiger partial charge in [0.2, 0.25) is 0 Å². The lowest BCUT2D eigenvalue weighted by Crippen LogP contribution is -2.28. The molecule has 1 aliphatic rings. The standard InChI is InChI=1S/C16H20FNO2/c1-2-18-9-4-7-16(19,8-10-18)14-11-12-5-3-6-13(17)15(12)20-14/h3,5-6,11,19H,2,4,7-10H2,1H3. The van der Waals surface area contributed by atoms with Crippen LogP contribution in [-0.4, -0.2) is 29.6 Å². The predicted octanol–water partition coefficient (Wildman–Crippen LogP) is 3.27. The van der Waals surface area contributed by atoms with Crippen molar-refractivity contribution in [2.24, 2.45) is 0 Å². The average Bonchev–Trinajstić information content (AvgIpc) is 2.80. The minimum absolute atomic E-state index is 0.243. The minimum atomic E-state index is -0.977. The molecule has 0 spiro atoms. The Morgan fingerprint density at radius 2 is 2.20 bits per heavy atom. The molecule has 0 saturated carbocycles. The van der Waals surface area contributed by atoms with Crippen molar-refractivity contribution in [2.75, 3.05) is 19.6 Å². The molecular weight excluding hydrogens is 257 g/mol. The van der Waals surface area contributed by atoms with E-state index in [9.17, 15) is 9.50 Å². The van der Waals surface area contributed by atoms with Crippen LogP contribution in [0.3, 0.4) is 0 Å². The third-order valence-electron chi connectivity index (χ3n) is 4.31. The summed E-state index contributed by atoms with van der Waals surface area (Å²) in [6.45, 7) is 4.95. The predicted molar refractivity (Wildman–Crippen MR) is 76.0 cm³/mol. The summed E-state index contributed by atoms with van der Waals surface area (Å²) in [6, 6.07) is 6.63. The zero-order valence-electron chi connectivity index (χ0n) is 11.7. The average molecular weight is 277 g/mol. The largest absolute Gasteiger partial charge is 0.455 e. The van der Waals surface area contributed by atoms with Crippen LogP contribution in [0, 0.1) is 5.82 Å². The molecule has 3 rings (SSSR count). The first-order valence-electron chi connectivity index (χ1n) is 7.26. The number of para-hydroxylation sites is 1. The number of nitrogens with zero attached hydrogens (tertiary/aromatic N) is 1. The van der Waals surface area contributed by atoms with Crippen molar-refractivity contribution >= 4 is 11.0 Å². The van der Waals surface area contributed by atoms with Crippen molar-refractivity contribution < 1.29 is 13.9 Å². The fourth-order valence-electron chi connectivity index (χ4n) is 2.99. The lowest BCUT2D eigenvalue weighted by atomic mass is 9.92. The molecule has 1 N–H and O–H groups in total. The van der Waals surface area contributed by atoms with Gasteiger partial charge in [0.25, 0.3) is 0 Å². The smallest absolute Gasteiger partial charge is 0.170 e. The van der Waals surface area contributed by atoms with Gasteiger partial charge < -0.3 is 14.4 Å². The molecule has 1 fully saturated rings. The number of aliphatic hydroxyl groups is 1. The van der Waals surface area contributed by atoms with Crippen LogP contribution in [0.25, 0.3) is 11.0 Å². The zero-order chi connectivity index (χ0) is 14.2. The maximum atomic E-state index is 13.7. The molecule has 1 aromatic carbocycles. The van der Waals surface area contributed by atoms with Crippen molar-refractivity contribution in [1.82, 2.24) is 4.90 Å². The van der Waals surface area contributed by atoms with Crippen LogP contribution in [0.5, 0.6) is 0 Å². The molecule has 0 radical (unpaired) electrons. The summed E-state index contributed by atoms with van der Waals surface area (Å²) in [4.78, 5) is 2.32. The molecule has 20 heavy (non-hydrogen) atoms. The lowest BCUT2D eigenvalue weighted by molar-refractivity contribution is 0.00178. The van der Waals surface area contributed by atoms with Crippen LogP contribution in [0.2, 0.25) is 0 Å². The Balaban J connectivity index is 1.94. The van der Waals surface area contributed by atoms with E-state index in [4.69, 9.17) is 4.42 Å². The van der Waals surface area contributed by atoms with Crippen LogP contribution in [0.1, 0.15) is 31.9 Å². The summed E-state index contributed by atoms with van der Waals surface area (Å²) >= 11 is 0. The van der Waals surface area contributed by atoms with Crippen molar-refractivity contribution in [3.05, 3.63) is 35.8 Å². The van der Waals surface area contributed by atoms with E-state index in [1.807, 2.05) is 6.07 Å². The number of hydrogen-bond acceptors (Lipinski definition) is 3. The number of benzene rings is 1. The number of halogens is 1. The summed E-state index contributed by atoms with van der Waals surface area (Å²) in [7, 11) is 0. The fraction of sp³-hybridized carbons (Fsp3) is 0.500. The Morgan fingerprint density at radius 1 is 1.35 bits per heavy atom. The Kier molecular flexibility index (Phi) is 3.52. The first-order valence-corrected chi connectivity index (χ1v) is 7.26. The zero-order valence-corrected chi connectivity index (χ0v) is 11.7. The van der Waals surface area contributed by atoms with Crippen molar-refractivity contribution in [3.63, 3.8) is 0 Å². The third-order valence-corrected chi connectivity index (χ3v) is 4.31. The molecular formula is C16H20FNO2. The van der Waals surface area contributed by atoms with E-state index in [1.54, 1.807) is 12.1 Å². The molecule has 1 atom stereocenters. The second-order valence-corrected chi connectivity index (χ2v) is 5.59. The fourth-order valence-corrected chi connectivity index (χ4v) is 2.99. The lowest BCUT2D eigenvalue weighted by Gasteiger charge is -2.24. The molecule has 2 heterocycles. The van der Waals surface area contributed by atoms with Crippen molar-refractivity contribution in [3.8, 4) is 0 Å². The van der Waals surface area contributed by atoms with Gasteiger partial charge in [-0.1, -0.05) is 19.1 Å². The number of likely N-dealkylation sites (tertiary alicyclic amines) is 1. The van der Waals surface area contributed by atoms with E-state index in [-0.39, 0.29) is 11.4 Å². The van der Waals surface area contributed by atoms with Gasteiger partial charge in [-0.15, -0.1) is 0 Å². The topological polar surface area (TPSA) is 36.6 Å². The Morgan fingerprint density at radius 3 is 2.95 bits per heavy atom. The first-order chi connectivity index (χ1) is 9.62. The molecule has 108 valence electrons. The number of furan rings is 1. The highest BCUT2D eigenvalue weighted by Crippen LogP contribution is 2.36. The highest BCUT2D eigenvalue weighted by atomic mass is 19.1. The molecule has 0 amide bonds. The van der Waals surface area contributed by atoms with E-state index >= 15 is 0 Å². The normalized spacial score (nSPS) is 24.9. The number of hydrogen-bond donors (Lipinski definition) is 1. The van der Waals surface area contributed by atoms with E-state index in [1.165, 1.54) is 6.07 Å². The molecule has 1 unspecified atom stereocenters. The van der Waals surface area contributed by atoms with Gasteiger partial charge in [0, 0.05) is 11.9 Å².